The fourth-order valence-corrected chi connectivity index (χ4v) is 1.42. The van der Waals surface area contributed by atoms with Crippen LogP contribution in [0.15, 0.2) is 18.5 Å². The predicted octanol–water partition coefficient (Wildman–Crippen LogP) is 0.464. The Balaban J connectivity index is 2.83. The molecule has 0 saturated heterocycles. The van der Waals surface area contributed by atoms with E-state index in [1.807, 2.05) is 0 Å². The van der Waals surface area contributed by atoms with E-state index in [-0.39, 0.29) is 11.3 Å². The molecular formula is C8H9FNO3S-. The van der Waals surface area contributed by atoms with Gasteiger partial charge in [-0.05, 0) is 11.6 Å². The minimum absolute atomic E-state index is 0.181. The largest absolute Gasteiger partial charge is 0.772 e. The van der Waals surface area contributed by atoms with Crippen molar-refractivity contribution in [1.82, 2.24) is 4.98 Å². The summed E-state index contributed by atoms with van der Waals surface area (Å²) in [5.74, 6) is -0.181. The molecule has 1 N–H and O–H groups in total. The van der Waals surface area contributed by atoms with Gasteiger partial charge in [-0.1, -0.05) is 11.1 Å². The molecule has 0 aliphatic carbocycles. The van der Waals surface area contributed by atoms with Gasteiger partial charge in [-0.25, -0.2) is 4.39 Å². The van der Waals surface area contributed by atoms with E-state index in [9.17, 15) is 13.2 Å². The first-order valence-electron chi connectivity index (χ1n) is 3.87. The second kappa shape index (κ2) is 5.14. The van der Waals surface area contributed by atoms with Crippen LogP contribution in [0.5, 0.6) is 0 Å². The molecule has 0 aliphatic rings. The maximum absolute atomic E-state index is 12.1. The number of rotatable bonds is 4. The molecule has 1 rings (SSSR count). The highest BCUT2D eigenvalue weighted by atomic mass is 32.2. The van der Waals surface area contributed by atoms with Crippen molar-refractivity contribution in [1.29, 1.82) is 0 Å². The van der Waals surface area contributed by atoms with Crippen LogP contribution < -0.4 is 0 Å². The highest BCUT2D eigenvalue weighted by Crippen LogP contribution is 2.14. The van der Waals surface area contributed by atoms with Gasteiger partial charge in [-0.3, -0.25) is 9.19 Å². The Kier molecular flexibility index (Phi) is 4.12. The Bertz CT molecular complexity index is 334. The SMILES string of the molecule is O=S([O-])Cc1cncc(C(O)CF)c1. The molecule has 1 aromatic heterocycles. The van der Waals surface area contributed by atoms with Gasteiger partial charge in [-0.2, -0.15) is 0 Å². The normalized spacial score (nSPS) is 15.1. The third kappa shape index (κ3) is 3.13. The van der Waals surface area contributed by atoms with Gasteiger partial charge in [0, 0.05) is 23.7 Å². The Hall–Kier alpha value is -0.850. The van der Waals surface area contributed by atoms with Crippen LogP contribution >= 0.6 is 0 Å². The number of hydrogen-bond acceptors (Lipinski definition) is 4. The molecule has 2 unspecified atom stereocenters. The van der Waals surface area contributed by atoms with Gasteiger partial charge in [0.25, 0.3) is 0 Å². The van der Waals surface area contributed by atoms with E-state index >= 15 is 0 Å². The van der Waals surface area contributed by atoms with Crippen LogP contribution in [-0.4, -0.2) is 25.5 Å². The van der Waals surface area contributed by atoms with E-state index < -0.39 is 23.9 Å². The van der Waals surface area contributed by atoms with E-state index in [0.29, 0.717) is 5.56 Å². The van der Waals surface area contributed by atoms with Crippen LogP contribution in [0, 0.1) is 0 Å². The Morgan fingerprint density at radius 2 is 2.36 bits per heavy atom. The van der Waals surface area contributed by atoms with E-state index in [0.717, 1.165) is 0 Å². The predicted molar refractivity (Wildman–Crippen MR) is 47.8 cm³/mol. The summed E-state index contributed by atoms with van der Waals surface area (Å²) in [5, 5.41) is 9.12. The number of aliphatic hydroxyl groups is 1. The average molecular weight is 218 g/mol. The lowest BCUT2D eigenvalue weighted by Gasteiger charge is -2.09. The van der Waals surface area contributed by atoms with Crippen molar-refractivity contribution < 1.29 is 18.3 Å². The van der Waals surface area contributed by atoms with Gasteiger partial charge in [0.15, 0.2) is 0 Å². The van der Waals surface area contributed by atoms with Crippen molar-refractivity contribution in [2.24, 2.45) is 0 Å². The van der Waals surface area contributed by atoms with Gasteiger partial charge >= 0.3 is 0 Å². The summed E-state index contributed by atoms with van der Waals surface area (Å²) in [5.41, 5.74) is 0.721. The first kappa shape index (κ1) is 11.2. The van der Waals surface area contributed by atoms with Crippen molar-refractivity contribution in [3.8, 4) is 0 Å². The molecule has 0 saturated carbocycles. The van der Waals surface area contributed by atoms with Crippen LogP contribution in [0.3, 0.4) is 0 Å². The number of hydrogen-bond donors (Lipinski definition) is 1. The third-order valence-electron chi connectivity index (χ3n) is 1.63. The average Bonchev–Trinajstić information content (AvgIpc) is 2.16. The molecule has 0 bridgehead atoms. The zero-order valence-corrected chi connectivity index (χ0v) is 8.04. The fourth-order valence-electron chi connectivity index (χ4n) is 0.994. The van der Waals surface area contributed by atoms with E-state index in [2.05, 4.69) is 4.98 Å². The quantitative estimate of drug-likeness (QED) is 0.745. The van der Waals surface area contributed by atoms with Gasteiger partial charge in [0.2, 0.25) is 0 Å². The van der Waals surface area contributed by atoms with Gasteiger partial charge in [-0.15, -0.1) is 0 Å². The molecule has 6 heteroatoms. The number of halogens is 1. The molecule has 1 aromatic rings. The summed E-state index contributed by atoms with van der Waals surface area (Å²) in [6, 6.07) is 1.42. The molecule has 14 heavy (non-hydrogen) atoms. The smallest absolute Gasteiger partial charge is 0.120 e. The standard InChI is InChI=1S/C8H10FNO3S/c9-2-8(11)7-1-6(3-10-4-7)5-14(12)13/h1,3-4,8,11H,2,5H2,(H,12,13)/p-1. The summed E-state index contributed by atoms with van der Waals surface area (Å²) in [6.07, 6.45) is 1.44. The lowest BCUT2D eigenvalue weighted by Crippen LogP contribution is -2.02. The number of alkyl halides is 1. The first-order valence-corrected chi connectivity index (χ1v) is 5.11. The summed E-state index contributed by atoms with van der Waals surface area (Å²) in [7, 11) is 0. The number of pyridine rings is 1. The maximum Gasteiger partial charge on any atom is 0.120 e. The lowest BCUT2D eigenvalue weighted by molar-refractivity contribution is 0.141. The van der Waals surface area contributed by atoms with Crippen molar-refractivity contribution in [3.63, 3.8) is 0 Å². The number of aliphatic hydroxyl groups excluding tert-OH is 1. The number of nitrogens with zero attached hydrogens (tertiary/aromatic N) is 1. The molecule has 4 nitrogen and oxygen atoms in total. The second-order valence-electron chi connectivity index (χ2n) is 2.74. The number of aromatic nitrogens is 1. The second-order valence-corrected chi connectivity index (χ2v) is 3.64. The Labute approximate surface area is 83.1 Å². The molecule has 0 spiro atoms. The van der Waals surface area contributed by atoms with Crippen LogP contribution in [-0.2, 0) is 16.8 Å². The van der Waals surface area contributed by atoms with E-state index in [1.165, 1.54) is 18.5 Å². The molecule has 0 fully saturated rings. The third-order valence-corrected chi connectivity index (χ3v) is 2.20. The van der Waals surface area contributed by atoms with Crippen LogP contribution in [0.25, 0.3) is 0 Å². The lowest BCUT2D eigenvalue weighted by atomic mass is 10.1. The highest BCUT2D eigenvalue weighted by molar-refractivity contribution is 7.78. The van der Waals surface area contributed by atoms with Crippen LogP contribution in [0.2, 0.25) is 0 Å². The summed E-state index contributed by atoms with van der Waals surface area (Å²) >= 11 is -2.21. The van der Waals surface area contributed by atoms with E-state index in [4.69, 9.17) is 5.11 Å². The minimum atomic E-state index is -2.21. The van der Waals surface area contributed by atoms with Gasteiger partial charge in [0.05, 0.1) is 0 Å². The fraction of sp³-hybridized carbons (Fsp3) is 0.375. The van der Waals surface area contributed by atoms with Crippen molar-refractivity contribution in [2.75, 3.05) is 6.67 Å². The maximum atomic E-state index is 12.1. The molecule has 0 aliphatic heterocycles. The minimum Gasteiger partial charge on any atom is -0.772 e. The van der Waals surface area contributed by atoms with Crippen molar-refractivity contribution in [3.05, 3.63) is 29.6 Å². The highest BCUT2D eigenvalue weighted by Gasteiger charge is 2.07. The summed E-state index contributed by atoms with van der Waals surface area (Å²) in [4.78, 5) is 3.71. The molecular weight excluding hydrogens is 209 g/mol. The zero-order valence-electron chi connectivity index (χ0n) is 7.22. The summed E-state index contributed by atoms with van der Waals surface area (Å²) in [6.45, 7) is -0.911. The summed E-state index contributed by atoms with van der Waals surface area (Å²) < 4.78 is 32.8. The van der Waals surface area contributed by atoms with E-state index in [1.54, 1.807) is 0 Å². The zero-order chi connectivity index (χ0) is 10.6. The molecule has 0 amide bonds. The molecule has 2 atom stereocenters. The van der Waals surface area contributed by atoms with Gasteiger partial charge in [0.1, 0.15) is 12.8 Å². The van der Waals surface area contributed by atoms with Crippen LogP contribution in [0.1, 0.15) is 17.2 Å². The van der Waals surface area contributed by atoms with Crippen molar-refractivity contribution in [2.45, 2.75) is 11.9 Å². The molecule has 1 heterocycles. The molecule has 0 radical (unpaired) electrons. The topological polar surface area (TPSA) is 73.2 Å². The van der Waals surface area contributed by atoms with Gasteiger partial charge < -0.3 is 9.66 Å². The van der Waals surface area contributed by atoms with Crippen molar-refractivity contribution >= 4 is 11.1 Å². The molecule has 0 aromatic carbocycles. The Morgan fingerprint density at radius 3 is 2.93 bits per heavy atom. The van der Waals surface area contributed by atoms with Crippen LogP contribution in [0.4, 0.5) is 4.39 Å². The Morgan fingerprint density at radius 1 is 1.64 bits per heavy atom. The monoisotopic (exact) mass is 218 g/mol. The first-order chi connectivity index (χ1) is 6.63. The molecule has 78 valence electrons.